The molecule has 1 aromatic rings. The summed E-state index contributed by atoms with van der Waals surface area (Å²) >= 11 is 2.44. The molecule has 4 nitrogen and oxygen atoms in total. The summed E-state index contributed by atoms with van der Waals surface area (Å²) in [5.41, 5.74) is -4.52. The summed E-state index contributed by atoms with van der Waals surface area (Å²) in [4.78, 5) is 11.7. The molecule has 1 rings (SSSR count). The largest absolute Gasteiger partial charge is 0.440 e. The first-order chi connectivity index (χ1) is 7.64. The number of pyridine rings is 1. The topological polar surface area (TPSA) is 56.0 Å². The maximum Gasteiger partial charge on any atom is 0.440 e. The number of aromatic nitrogens is 1. The molecule has 0 fully saturated rings. The first-order valence-electron chi connectivity index (χ1n) is 3.84. The van der Waals surface area contributed by atoms with Crippen LogP contribution in [0.4, 0.5) is 27.6 Å². The van der Waals surface area contributed by atoms with Crippen molar-refractivity contribution in [2.75, 3.05) is 0 Å². The zero-order valence-corrected chi connectivity index (χ0v) is 9.22. The highest BCUT2D eigenvalue weighted by Gasteiger charge is 2.42. The Morgan fingerprint density at radius 2 is 1.94 bits per heavy atom. The standard InChI is InChI=1S/C7H2BrF5N2O2/c8-2-1-3(6(9)10)14-5(7(11,12)13)4(2)15(16)17/h1,6H. The van der Waals surface area contributed by atoms with E-state index in [9.17, 15) is 32.1 Å². The number of nitrogens with zero attached hydrogens (tertiary/aromatic N) is 2. The molecule has 1 aromatic heterocycles. The van der Waals surface area contributed by atoms with Crippen LogP contribution in [0.3, 0.4) is 0 Å². The average Bonchev–Trinajstić information content (AvgIpc) is 2.14. The summed E-state index contributed by atoms with van der Waals surface area (Å²) in [7, 11) is 0. The highest BCUT2D eigenvalue weighted by atomic mass is 79.9. The minimum atomic E-state index is -5.18. The van der Waals surface area contributed by atoms with Crippen molar-refractivity contribution in [1.29, 1.82) is 0 Å². The van der Waals surface area contributed by atoms with Crippen molar-refractivity contribution in [3.8, 4) is 0 Å². The Labute approximate surface area is 98.7 Å². The van der Waals surface area contributed by atoms with Crippen LogP contribution in [0.5, 0.6) is 0 Å². The quantitative estimate of drug-likeness (QED) is 0.474. The molecule has 0 unspecified atom stereocenters. The Bertz CT molecular complexity index is 462. The summed E-state index contributed by atoms with van der Waals surface area (Å²) in [6.07, 6.45) is -8.44. The molecule has 0 radical (unpaired) electrons. The van der Waals surface area contributed by atoms with Gasteiger partial charge in [0.2, 0.25) is 5.69 Å². The van der Waals surface area contributed by atoms with Gasteiger partial charge in [-0.05, 0) is 22.0 Å². The van der Waals surface area contributed by atoms with Crippen LogP contribution in [0, 0.1) is 10.1 Å². The molecule has 0 saturated heterocycles. The van der Waals surface area contributed by atoms with Crippen LogP contribution in [-0.2, 0) is 6.18 Å². The van der Waals surface area contributed by atoms with Crippen molar-refractivity contribution in [1.82, 2.24) is 4.98 Å². The predicted octanol–water partition coefficient (Wildman–Crippen LogP) is 3.71. The predicted molar refractivity (Wildman–Crippen MR) is 48.6 cm³/mol. The monoisotopic (exact) mass is 320 g/mol. The van der Waals surface area contributed by atoms with Crippen LogP contribution >= 0.6 is 15.9 Å². The molecule has 17 heavy (non-hydrogen) atoms. The van der Waals surface area contributed by atoms with Crippen LogP contribution in [-0.4, -0.2) is 9.91 Å². The normalized spacial score (nSPS) is 11.9. The Morgan fingerprint density at radius 1 is 1.41 bits per heavy atom. The first kappa shape index (κ1) is 13.7. The van der Waals surface area contributed by atoms with Gasteiger partial charge < -0.3 is 0 Å². The summed E-state index contributed by atoms with van der Waals surface area (Å²) in [6.45, 7) is 0. The van der Waals surface area contributed by atoms with E-state index in [-0.39, 0.29) is 0 Å². The molecule has 0 spiro atoms. The number of nitro groups is 1. The lowest BCUT2D eigenvalue weighted by Crippen LogP contribution is -2.13. The van der Waals surface area contributed by atoms with Crippen LogP contribution in [0.25, 0.3) is 0 Å². The fraction of sp³-hybridized carbons (Fsp3) is 0.286. The number of hydrogen-bond acceptors (Lipinski definition) is 3. The minimum absolute atomic E-state index is 0.484. The molecular formula is C7H2BrF5N2O2. The number of rotatable bonds is 2. The Balaban J connectivity index is 3.57. The fourth-order valence-corrected chi connectivity index (χ4v) is 1.58. The minimum Gasteiger partial charge on any atom is -0.258 e. The van der Waals surface area contributed by atoms with Crippen molar-refractivity contribution in [2.24, 2.45) is 0 Å². The molecule has 0 aromatic carbocycles. The van der Waals surface area contributed by atoms with E-state index in [0.29, 0.717) is 6.07 Å². The molecule has 0 aliphatic heterocycles. The zero-order chi connectivity index (χ0) is 13.4. The Hall–Kier alpha value is -1.32. The van der Waals surface area contributed by atoms with Crippen molar-refractivity contribution in [3.63, 3.8) is 0 Å². The number of hydrogen-bond donors (Lipinski definition) is 0. The Kier molecular flexibility index (Phi) is 3.65. The lowest BCUT2D eigenvalue weighted by molar-refractivity contribution is -0.389. The summed E-state index contributed by atoms with van der Waals surface area (Å²) in [6, 6.07) is 0.484. The summed E-state index contributed by atoms with van der Waals surface area (Å²) in [5.74, 6) is 0. The van der Waals surface area contributed by atoms with Gasteiger partial charge >= 0.3 is 11.9 Å². The Morgan fingerprint density at radius 3 is 2.29 bits per heavy atom. The fourth-order valence-electron chi connectivity index (χ4n) is 1.01. The lowest BCUT2D eigenvalue weighted by Gasteiger charge is -2.09. The van der Waals surface area contributed by atoms with Gasteiger partial charge in [0, 0.05) is 0 Å². The molecule has 0 aliphatic rings. The van der Waals surface area contributed by atoms with Gasteiger partial charge in [0.05, 0.1) is 9.40 Å². The van der Waals surface area contributed by atoms with Gasteiger partial charge in [-0.1, -0.05) is 0 Å². The van der Waals surface area contributed by atoms with E-state index in [4.69, 9.17) is 0 Å². The van der Waals surface area contributed by atoms with E-state index >= 15 is 0 Å². The maximum atomic E-state index is 12.4. The highest BCUT2D eigenvalue weighted by Crippen LogP contribution is 2.40. The molecule has 94 valence electrons. The second-order valence-electron chi connectivity index (χ2n) is 2.78. The summed E-state index contributed by atoms with van der Waals surface area (Å²) in [5, 5.41) is 10.4. The van der Waals surface area contributed by atoms with Gasteiger partial charge in [0.1, 0.15) is 5.69 Å². The number of alkyl halides is 5. The maximum absolute atomic E-state index is 12.4. The molecule has 0 saturated carbocycles. The molecule has 0 atom stereocenters. The molecule has 10 heteroatoms. The molecule has 0 amide bonds. The van der Waals surface area contributed by atoms with Crippen LogP contribution in [0.2, 0.25) is 0 Å². The third-order valence-corrected chi connectivity index (χ3v) is 2.25. The van der Waals surface area contributed by atoms with E-state index < -0.39 is 39.1 Å². The molecule has 1 heterocycles. The van der Waals surface area contributed by atoms with Crippen LogP contribution in [0.1, 0.15) is 17.8 Å². The second-order valence-corrected chi connectivity index (χ2v) is 3.64. The van der Waals surface area contributed by atoms with E-state index in [2.05, 4.69) is 20.9 Å². The van der Waals surface area contributed by atoms with Gasteiger partial charge in [0.25, 0.3) is 6.43 Å². The van der Waals surface area contributed by atoms with Gasteiger partial charge in [-0.25, -0.2) is 13.8 Å². The molecule has 0 N–H and O–H groups in total. The van der Waals surface area contributed by atoms with Crippen molar-refractivity contribution >= 4 is 21.6 Å². The third kappa shape index (κ3) is 2.87. The zero-order valence-electron chi connectivity index (χ0n) is 7.63. The number of halogens is 6. The SMILES string of the molecule is O=[N+]([O-])c1c(Br)cc(C(F)F)nc1C(F)(F)F. The van der Waals surface area contributed by atoms with Crippen LogP contribution in [0.15, 0.2) is 10.5 Å². The molecule has 0 bridgehead atoms. The van der Waals surface area contributed by atoms with E-state index in [1.165, 1.54) is 0 Å². The van der Waals surface area contributed by atoms with Gasteiger partial charge in [-0.3, -0.25) is 10.1 Å². The lowest BCUT2D eigenvalue weighted by atomic mass is 10.2. The van der Waals surface area contributed by atoms with Gasteiger partial charge in [0.15, 0.2) is 0 Å². The van der Waals surface area contributed by atoms with Gasteiger partial charge in [-0.2, -0.15) is 13.2 Å². The second kappa shape index (κ2) is 4.51. The first-order valence-corrected chi connectivity index (χ1v) is 4.64. The average molecular weight is 321 g/mol. The highest BCUT2D eigenvalue weighted by molar-refractivity contribution is 9.10. The third-order valence-electron chi connectivity index (χ3n) is 1.64. The van der Waals surface area contributed by atoms with E-state index in [0.717, 1.165) is 0 Å². The van der Waals surface area contributed by atoms with Crippen molar-refractivity contribution in [3.05, 3.63) is 32.0 Å². The smallest absolute Gasteiger partial charge is 0.258 e. The van der Waals surface area contributed by atoms with Gasteiger partial charge in [-0.15, -0.1) is 0 Å². The summed E-state index contributed by atoms with van der Waals surface area (Å²) < 4.78 is 61.0. The molecular weight excluding hydrogens is 319 g/mol. The van der Waals surface area contributed by atoms with E-state index in [1.807, 2.05) is 0 Å². The van der Waals surface area contributed by atoms with Crippen LogP contribution < -0.4 is 0 Å². The molecule has 0 aliphatic carbocycles. The van der Waals surface area contributed by atoms with E-state index in [1.54, 1.807) is 0 Å². The van der Waals surface area contributed by atoms with Crippen molar-refractivity contribution < 1.29 is 26.9 Å². The van der Waals surface area contributed by atoms with Crippen molar-refractivity contribution in [2.45, 2.75) is 12.6 Å².